The third kappa shape index (κ3) is 3.61. The highest BCUT2D eigenvalue weighted by Crippen LogP contribution is 2.22. The Morgan fingerprint density at radius 2 is 1.65 bits per heavy atom. The van der Waals surface area contributed by atoms with Crippen molar-refractivity contribution in [1.82, 2.24) is 15.1 Å². The Kier molecular flexibility index (Phi) is 5.35. The summed E-state index contributed by atoms with van der Waals surface area (Å²) in [6.07, 6.45) is 2.53. The normalized spacial score (nSPS) is 17.4. The van der Waals surface area contributed by atoms with E-state index in [-0.39, 0.29) is 36.6 Å². The maximum Gasteiger partial charge on any atom is 0.261 e. The van der Waals surface area contributed by atoms with Crippen molar-refractivity contribution in [2.75, 3.05) is 19.6 Å². The van der Waals surface area contributed by atoms with Crippen LogP contribution in [-0.4, -0.2) is 59.1 Å². The second-order valence-corrected chi connectivity index (χ2v) is 6.73. The van der Waals surface area contributed by atoms with Gasteiger partial charge in [-0.15, -0.1) is 0 Å². The van der Waals surface area contributed by atoms with Crippen LogP contribution in [0.1, 0.15) is 53.3 Å². The fourth-order valence-electron chi connectivity index (χ4n) is 3.43. The Morgan fingerprint density at radius 1 is 1.08 bits per heavy atom. The molecule has 26 heavy (non-hydrogen) atoms. The fraction of sp³-hybridized carbons (Fsp3) is 0.474. The lowest BCUT2D eigenvalue weighted by Gasteiger charge is -2.21. The first-order valence-electron chi connectivity index (χ1n) is 9.02. The van der Waals surface area contributed by atoms with E-state index in [0.717, 1.165) is 25.9 Å². The summed E-state index contributed by atoms with van der Waals surface area (Å²) in [6.45, 7) is 3.37. The number of imide groups is 1. The highest BCUT2D eigenvalue weighted by Gasteiger charge is 2.34. The van der Waals surface area contributed by atoms with Gasteiger partial charge in [0, 0.05) is 26.1 Å². The van der Waals surface area contributed by atoms with E-state index in [4.69, 9.17) is 0 Å². The summed E-state index contributed by atoms with van der Waals surface area (Å²) in [7, 11) is 0. The third-order valence-electron chi connectivity index (χ3n) is 4.83. The van der Waals surface area contributed by atoms with Gasteiger partial charge < -0.3 is 10.2 Å². The van der Waals surface area contributed by atoms with Gasteiger partial charge in [-0.3, -0.25) is 24.1 Å². The molecule has 0 unspecified atom stereocenters. The molecule has 7 nitrogen and oxygen atoms in total. The van der Waals surface area contributed by atoms with E-state index < -0.39 is 6.04 Å². The molecule has 1 atom stereocenters. The fourth-order valence-corrected chi connectivity index (χ4v) is 3.43. The van der Waals surface area contributed by atoms with Crippen LogP contribution in [0.5, 0.6) is 0 Å². The highest BCUT2D eigenvalue weighted by atomic mass is 16.2. The molecule has 1 aromatic rings. The predicted octanol–water partition coefficient (Wildman–Crippen LogP) is 1.19. The topological polar surface area (TPSA) is 86.8 Å². The molecule has 0 aromatic heterocycles. The summed E-state index contributed by atoms with van der Waals surface area (Å²) >= 11 is 0. The number of nitrogens with one attached hydrogen (secondary N) is 1. The molecule has 3 rings (SSSR count). The number of benzene rings is 1. The van der Waals surface area contributed by atoms with Crippen LogP contribution < -0.4 is 5.32 Å². The Hall–Kier alpha value is -2.70. The van der Waals surface area contributed by atoms with Crippen LogP contribution in [0.3, 0.4) is 0 Å². The molecule has 1 saturated heterocycles. The molecule has 1 fully saturated rings. The summed E-state index contributed by atoms with van der Waals surface area (Å²) in [5.41, 5.74) is 0.818. The summed E-state index contributed by atoms with van der Waals surface area (Å²) in [5.74, 6) is -0.940. The number of rotatable bonds is 6. The number of hydrogen-bond acceptors (Lipinski definition) is 4. The van der Waals surface area contributed by atoms with Gasteiger partial charge in [0.05, 0.1) is 11.1 Å². The summed E-state index contributed by atoms with van der Waals surface area (Å²) < 4.78 is 0. The maximum absolute atomic E-state index is 12.3. The monoisotopic (exact) mass is 357 g/mol. The van der Waals surface area contributed by atoms with Crippen molar-refractivity contribution in [3.8, 4) is 0 Å². The van der Waals surface area contributed by atoms with Gasteiger partial charge in [-0.25, -0.2) is 0 Å². The van der Waals surface area contributed by atoms with Crippen molar-refractivity contribution in [3.63, 3.8) is 0 Å². The van der Waals surface area contributed by atoms with Gasteiger partial charge in [-0.05, 0) is 38.3 Å². The second kappa shape index (κ2) is 7.68. The number of likely N-dealkylation sites (tertiary alicyclic amines) is 1. The molecule has 2 aliphatic rings. The van der Waals surface area contributed by atoms with Crippen molar-refractivity contribution in [2.45, 2.75) is 38.6 Å². The lowest BCUT2D eigenvalue weighted by Crippen LogP contribution is -2.46. The van der Waals surface area contributed by atoms with Gasteiger partial charge in [0.25, 0.3) is 11.8 Å². The number of nitrogens with zero attached hydrogens (tertiary/aromatic N) is 2. The molecule has 0 radical (unpaired) electrons. The minimum absolute atomic E-state index is 0.0591. The molecule has 0 aliphatic carbocycles. The van der Waals surface area contributed by atoms with Gasteiger partial charge >= 0.3 is 0 Å². The minimum atomic E-state index is -0.556. The number of hydrogen-bond donors (Lipinski definition) is 1. The Morgan fingerprint density at radius 3 is 2.23 bits per heavy atom. The first-order valence-corrected chi connectivity index (χ1v) is 9.02. The lowest BCUT2D eigenvalue weighted by atomic mass is 10.1. The van der Waals surface area contributed by atoms with Gasteiger partial charge in [0.1, 0.15) is 6.04 Å². The van der Waals surface area contributed by atoms with E-state index in [1.807, 2.05) is 0 Å². The summed E-state index contributed by atoms with van der Waals surface area (Å²) in [5, 5.41) is 2.70. The first kappa shape index (κ1) is 18.1. The molecule has 0 bridgehead atoms. The SMILES string of the molecule is C[C@H](NC(=O)CCCN1C(=O)c2ccccc2C1=O)C(=O)N1CCCC1. The number of amides is 4. The van der Waals surface area contributed by atoms with Crippen LogP contribution in [0.4, 0.5) is 0 Å². The lowest BCUT2D eigenvalue weighted by molar-refractivity contribution is -0.135. The number of carbonyl (C=O) groups is 4. The first-order chi connectivity index (χ1) is 12.5. The van der Waals surface area contributed by atoms with Crippen LogP contribution in [-0.2, 0) is 9.59 Å². The van der Waals surface area contributed by atoms with E-state index in [0.29, 0.717) is 17.5 Å². The predicted molar refractivity (Wildman–Crippen MR) is 94.5 cm³/mol. The van der Waals surface area contributed by atoms with Crippen molar-refractivity contribution in [2.24, 2.45) is 0 Å². The van der Waals surface area contributed by atoms with Crippen LogP contribution >= 0.6 is 0 Å². The molecular formula is C19H23N3O4. The molecule has 0 saturated carbocycles. The molecule has 138 valence electrons. The van der Waals surface area contributed by atoms with Crippen LogP contribution in [0.15, 0.2) is 24.3 Å². The van der Waals surface area contributed by atoms with Gasteiger partial charge in [-0.2, -0.15) is 0 Å². The average molecular weight is 357 g/mol. The van der Waals surface area contributed by atoms with Crippen LogP contribution in [0, 0.1) is 0 Å². The van der Waals surface area contributed by atoms with Crippen LogP contribution in [0.25, 0.3) is 0 Å². The number of fused-ring (bicyclic) bond motifs is 1. The summed E-state index contributed by atoms with van der Waals surface area (Å²) in [4.78, 5) is 51.7. The zero-order valence-corrected chi connectivity index (χ0v) is 14.9. The molecule has 1 N–H and O–H groups in total. The Bertz CT molecular complexity index is 705. The largest absolute Gasteiger partial charge is 0.345 e. The third-order valence-corrected chi connectivity index (χ3v) is 4.83. The zero-order chi connectivity index (χ0) is 18.7. The average Bonchev–Trinajstić information content (AvgIpc) is 3.25. The smallest absolute Gasteiger partial charge is 0.261 e. The molecule has 7 heteroatoms. The van der Waals surface area contributed by atoms with Crippen molar-refractivity contribution < 1.29 is 19.2 Å². The van der Waals surface area contributed by atoms with Gasteiger partial charge in [-0.1, -0.05) is 12.1 Å². The molecular weight excluding hydrogens is 334 g/mol. The van der Waals surface area contributed by atoms with Gasteiger partial charge in [0.15, 0.2) is 0 Å². The maximum atomic E-state index is 12.3. The van der Waals surface area contributed by atoms with E-state index in [1.165, 1.54) is 4.90 Å². The molecule has 1 aromatic carbocycles. The second-order valence-electron chi connectivity index (χ2n) is 6.73. The van der Waals surface area contributed by atoms with E-state index in [9.17, 15) is 19.2 Å². The molecule has 2 aliphatic heterocycles. The Balaban J connectivity index is 1.45. The van der Waals surface area contributed by atoms with Crippen molar-refractivity contribution >= 4 is 23.6 Å². The molecule has 4 amide bonds. The standard InChI is InChI=1S/C19H23N3O4/c1-13(17(24)21-10-4-5-11-21)20-16(23)9-6-12-22-18(25)14-7-2-3-8-15(14)19(22)26/h2-3,7-8,13H,4-6,9-12H2,1H3,(H,20,23)/t13-/m0/s1. The number of carbonyl (C=O) groups excluding carboxylic acids is 4. The minimum Gasteiger partial charge on any atom is -0.345 e. The van der Waals surface area contributed by atoms with Crippen LogP contribution in [0.2, 0.25) is 0 Å². The Labute approximate surface area is 152 Å². The van der Waals surface area contributed by atoms with Crippen molar-refractivity contribution in [1.29, 1.82) is 0 Å². The van der Waals surface area contributed by atoms with E-state index in [2.05, 4.69) is 5.32 Å². The quantitative estimate of drug-likeness (QED) is 0.775. The zero-order valence-electron chi connectivity index (χ0n) is 14.9. The molecule has 2 heterocycles. The van der Waals surface area contributed by atoms with E-state index in [1.54, 1.807) is 36.1 Å². The van der Waals surface area contributed by atoms with E-state index >= 15 is 0 Å². The van der Waals surface area contributed by atoms with Crippen molar-refractivity contribution in [3.05, 3.63) is 35.4 Å². The summed E-state index contributed by atoms with van der Waals surface area (Å²) in [6, 6.07) is 6.15. The van der Waals surface area contributed by atoms with Gasteiger partial charge in [0.2, 0.25) is 11.8 Å². The highest BCUT2D eigenvalue weighted by molar-refractivity contribution is 6.21. The molecule has 0 spiro atoms.